The molecule has 1 aliphatic rings. The Hall–Kier alpha value is -4.65. The van der Waals surface area contributed by atoms with Crippen LogP contribution in [-0.2, 0) is 0 Å². The van der Waals surface area contributed by atoms with Gasteiger partial charge in [-0.05, 0) is 47.9 Å². The number of aromatic nitrogens is 2. The summed E-state index contributed by atoms with van der Waals surface area (Å²) in [6.45, 7) is 0. The van der Waals surface area contributed by atoms with Gasteiger partial charge in [-0.25, -0.2) is 4.98 Å². The Labute approximate surface area is 202 Å². The second-order valence-corrected chi connectivity index (χ2v) is 8.57. The fourth-order valence-electron chi connectivity index (χ4n) is 4.85. The van der Waals surface area contributed by atoms with Crippen LogP contribution in [0.4, 0.5) is 5.88 Å². The largest absolute Gasteiger partial charge is 0.534 e. The van der Waals surface area contributed by atoms with Crippen LogP contribution < -0.4 is 19.7 Å². The average Bonchev–Trinajstić information content (AvgIpc) is 3.57. The Morgan fingerprint density at radius 3 is 2.54 bits per heavy atom. The Kier molecular flexibility index (Phi) is 4.36. The molecule has 168 valence electrons. The molecule has 0 radical (unpaired) electrons. The molecule has 3 aromatic heterocycles. The van der Waals surface area contributed by atoms with E-state index in [1.807, 2.05) is 72.7 Å². The minimum absolute atomic E-state index is 0.261. The van der Waals surface area contributed by atoms with Gasteiger partial charge in [0.1, 0.15) is 17.3 Å². The van der Waals surface area contributed by atoms with Crippen molar-refractivity contribution in [3.63, 3.8) is 0 Å². The molecule has 7 rings (SSSR count). The molecule has 0 N–H and O–H groups in total. The Morgan fingerprint density at radius 2 is 1.66 bits per heavy atom. The molecule has 0 aliphatic carbocycles. The van der Waals surface area contributed by atoms with Crippen molar-refractivity contribution in [2.75, 3.05) is 11.9 Å². The maximum absolute atomic E-state index is 6.34. The van der Waals surface area contributed by atoms with Crippen LogP contribution in [0.15, 0.2) is 108 Å². The lowest BCUT2D eigenvalue weighted by Crippen LogP contribution is -2.47. The first-order valence-electron chi connectivity index (χ1n) is 11.5. The Morgan fingerprint density at radius 1 is 0.800 bits per heavy atom. The van der Waals surface area contributed by atoms with Crippen LogP contribution in [0.3, 0.4) is 0 Å². The van der Waals surface area contributed by atoms with Gasteiger partial charge in [-0.3, -0.25) is 4.57 Å². The van der Waals surface area contributed by atoms with E-state index < -0.39 is 0 Å². The maximum atomic E-state index is 6.34. The predicted molar refractivity (Wildman–Crippen MR) is 138 cm³/mol. The summed E-state index contributed by atoms with van der Waals surface area (Å²) in [5.74, 6) is 3.84. The lowest BCUT2D eigenvalue weighted by Gasteiger charge is -2.16. The number of anilines is 1. The first-order valence-corrected chi connectivity index (χ1v) is 11.5. The summed E-state index contributed by atoms with van der Waals surface area (Å²) in [5.41, 5.74) is 3.14. The standard InChI is InChI=1S/C28H20BN3O3/c1-31-28-26(14-16-33-28)35-29(31)19-7-6-8-20(17-19)34-21-12-13-23-22-9-2-3-10-24(22)32(25(23)18-21)27-11-4-5-15-30-27/h2-18H,1H3. The van der Waals surface area contributed by atoms with Crippen molar-refractivity contribution >= 4 is 40.2 Å². The van der Waals surface area contributed by atoms with Gasteiger partial charge in [0, 0.05) is 36.1 Å². The minimum atomic E-state index is -0.261. The van der Waals surface area contributed by atoms with E-state index in [1.165, 1.54) is 5.39 Å². The molecule has 0 bridgehead atoms. The molecular formula is C28H20BN3O3. The molecular weight excluding hydrogens is 437 g/mol. The number of rotatable bonds is 4. The molecule has 1 aliphatic heterocycles. The van der Waals surface area contributed by atoms with Crippen molar-refractivity contribution in [2.24, 2.45) is 0 Å². The van der Waals surface area contributed by atoms with E-state index in [0.717, 1.165) is 50.8 Å². The molecule has 0 saturated carbocycles. The summed E-state index contributed by atoms with van der Waals surface area (Å²) in [7, 11) is 1.69. The van der Waals surface area contributed by atoms with E-state index in [1.54, 1.807) is 6.26 Å². The van der Waals surface area contributed by atoms with Crippen molar-refractivity contribution in [3.8, 4) is 23.1 Å². The van der Waals surface area contributed by atoms with Gasteiger partial charge in [0.05, 0.1) is 17.3 Å². The summed E-state index contributed by atoms with van der Waals surface area (Å²) >= 11 is 0. The van der Waals surface area contributed by atoms with E-state index in [4.69, 9.17) is 13.8 Å². The number of furan rings is 1. The fraction of sp³-hybridized carbons (Fsp3) is 0.0357. The van der Waals surface area contributed by atoms with Gasteiger partial charge in [-0.1, -0.05) is 36.4 Å². The normalized spacial score (nSPS) is 12.8. The Balaban J connectivity index is 1.27. The topological polar surface area (TPSA) is 52.7 Å². The summed E-state index contributed by atoms with van der Waals surface area (Å²) in [4.78, 5) is 6.58. The number of pyridine rings is 1. The van der Waals surface area contributed by atoms with Crippen LogP contribution >= 0.6 is 0 Å². The van der Waals surface area contributed by atoms with Gasteiger partial charge in [0.2, 0.25) is 5.88 Å². The summed E-state index contributed by atoms with van der Waals surface area (Å²) in [6, 6.07) is 30.3. The molecule has 7 heteroatoms. The molecule has 0 amide bonds. The van der Waals surface area contributed by atoms with Gasteiger partial charge < -0.3 is 18.6 Å². The molecule has 6 nitrogen and oxygen atoms in total. The highest BCUT2D eigenvalue weighted by Gasteiger charge is 2.38. The third-order valence-electron chi connectivity index (χ3n) is 6.42. The maximum Gasteiger partial charge on any atom is 0.521 e. The van der Waals surface area contributed by atoms with Crippen molar-refractivity contribution in [1.82, 2.24) is 9.55 Å². The smallest absolute Gasteiger partial charge is 0.521 e. The van der Waals surface area contributed by atoms with Gasteiger partial charge in [0.25, 0.3) is 0 Å². The summed E-state index contributed by atoms with van der Waals surface area (Å²) in [5, 5.41) is 2.34. The summed E-state index contributed by atoms with van der Waals surface area (Å²) < 4.78 is 20.1. The van der Waals surface area contributed by atoms with Gasteiger partial charge >= 0.3 is 7.05 Å². The SMILES string of the molecule is CN1B(c2cccc(Oc3ccc4c5ccccc5n(-c5ccccn5)c4c3)c2)Oc2ccoc21. The average molecular weight is 457 g/mol. The lowest BCUT2D eigenvalue weighted by molar-refractivity contribution is 0.483. The monoisotopic (exact) mass is 457 g/mol. The number of para-hydroxylation sites is 1. The number of hydrogen-bond donors (Lipinski definition) is 0. The van der Waals surface area contributed by atoms with E-state index >= 15 is 0 Å². The van der Waals surface area contributed by atoms with Crippen molar-refractivity contribution in [3.05, 3.63) is 103 Å². The predicted octanol–water partition coefficient (Wildman–Crippen LogP) is 5.79. The van der Waals surface area contributed by atoms with Crippen LogP contribution in [0.1, 0.15) is 0 Å². The van der Waals surface area contributed by atoms with E-state index in [2.05, 4.69) is 45.9 Å². The van der Waals surface area contributed by atoms with Crippen LogP contribution in [0.5, 0.6) is 17.2 Å². The number of benzene rings is 3. The zero-order valence-corrected chi connectivity index (χ0v) is 19.0. The molecule has 3 aromatic carbocycles. The van der Waals surface area contributed by atoms with Gasteiger partial charge in [-0.15, -0.1) is 0 Å². The zero-order valence-electron chi connectivity index (χ0n) is 19.0. The highest BCUT2D eigenvalue weighted by Crippen LogP contribution is 2.36. The lowest BCUT2D eigenvalue weighted by atomic mass is 9.72. The summed E-state index contributed by atoms with van der Waals surface area (Å²) in [6.07, 6.45) is 3.45. The second-order valence-electron chi connectivity index (χ2n) is 8.57. The van der Waals surface area contributed by atoms with Gasteiger partial charge in [0.15, 0.2) is 5.75 Å². The van der Waals surface area contributed by atoms with Gasteiger partial charge in [-0.2, -0.15) is 0 Å². The number of fused-ring (bicyclic) bond motifs is 4. The number of nitrogens with zero attached hydrogens (tertiary/aromatic N) is 3. The molecule has 6 aromatic rings. The van der Waals surface area contributed by atoms with E-state index in [-0.39, 0.29) is 7.05 Å². The van der Waals surface area contributed by atoms with Crippen molar-refractivity contribution < 1.29 is 13.8 Å². The molecule has 0 fully saturated rings. The molecule has 0 atom stereocenters. The van der Waals surface area contributed by atoms with E-state index in [0.29, 0.717) is 0 Å². The molecule has 4 heterocycles. The zero-order chi connectivity index (χ0) is 23.4. The van der Waals surface area contributed by atoms with Crippen molar-refractivity contribution in [1.29, 1.82) is 0 Å². The molecule has 0 spiro atoms. The van der Waals surface area contributed by atoms with Crippen molar-refractivity contribution in [2.45, 2.75) is 0 Å². The van der Waals surface area contributed by atoms with Crippen LogP contribution in [0, 0.1) is 0 Å². The fourth-order valence-corrected chi connectivity index (χ4v) is 4.85. The highest BCUT2D eigenvalue weighted by atomic mass is 16.5. The van der Waals surface area contributed by atoms with Crippen LogP contribution in [0.2, 0.25) is 0 Å². The quantitative estimate of drug-likeness (QED) is 0.314. The molecule has 35 heavy (non-hydrogen) atoms. The third kappa shape index (κ3) is 3.16. The first kappa shape index (κ1) is 19.8. The minimum Gasteiger partial charge on any atom is -0.534 e. The number of ether oxygens (including phenoxy) is 1. The Bertz CT molecular complexity index is 1690. The first-order chi connectivity index (χ1) is 17.3. The second kappa shape index (κ2) is 7.70. The number of hydrogen-bond acceptors (Lipinski definition) is 5. The highest BCUT2D eigenvalue weighted by molar-refractivity contribution is 6.72. The third-order valence-corrected chi connectivity index (χ3v) is 6.42. The van der Waals surface area contributed by atoms with Crippen LogP contribution in [-0.4, -0.2) is 23.6 Å². The van der Waals surface area contributed by atoms with Crippen LogP contribution in [0.25, 0.3) is 27.6 Å². The molecule has 0 unspecified atom stereocenters. The molecule has 0 saturated heterocycles. The van der Waals surface area contributed by atoms with E-state index in [9.17, 15) is 0 Å².